The standard InChI is InChI=1S/C15H27NO2/c1-5-6-9-16-12(18)15-8-7-14(4,11(17)10-15)13(15,2)3/h11,17H,5-10H2,1-4H3,(H,16,18). The van der Waals surface area contributed by atoms with Crippen molar-refractivity contribution < 1.29 is 9.90 Å². The molecule has 0 aliphatic heterocycles. The quantitative estimate of drug-likeness (QED) is 0.756. The van der Waals surface area contributed by atoms with E-state index in [-0.39, 0.29) is 28.3 Å². The number of nitrogens with one attached hydrogen (secondary N) is 1. The molecule has 0 aromatic rings. The molecule has 2 rings (SSSR count). The highest BCUT2D eigenvalue weighted by Gasteiger charge is 2.71. The Bertz CT molecular complexity index is 352. The van der Waals surface area contributed by atoms with Gasteiger partial charge in [0.15, 0.2) is 0 Å². The minimum atomic E-state index is -0.352. The summed E-state index contributed by atoms with van der Waals surface area (Å²) in [6.45, 7) is 9.36. The SMILES string of the molecule is CCCCNC(=O)C12CCC(C)(C(O)C1)C2(C)C. The number of amides is 1. The fourth-order valence-corrected chi connectivity index (χ4v) is 4.18. The molecular weight excluding hydrogens is 226 g/mol. The molecule has 0 spiro atoms. The van der Waals surface area contributed by atoms with Crippen molar-refractivity contribution in [2.75, 3.05) is 6.54 Å². The van der Waals surface area contributed by atoms with Gasteiger partial charge >= 0.3 is 0 Å². The second kappa shape index (κ2) is 4.22. The highest BCUT2D eigenvalue weighted by Crippen LogP contribution is 2.72. The van der Waals surface area contributed by atoms with Gasteiger partial charge in [-0.25, -0.2) is 0 Å². The second-order valence-corrected chi connectivity index (χ2v) is 6.95. The van der Waals surface area contributed by atoms with Gasteiger partial charge in [-0.15, -0.1) is 0 Å². The van der Waals surface area contributed by atoms with E-state index >= 15 is 0 Å². The van der Waals surface area contributed by atoms with Gasteiger partial charge in [-0.2, -0.15) is 0 Å². The van der Waals surface area contributed by atoms with Crippen LogP contribution in [0.3, 0.4) is 0 Å². The molecule has 3 heteroatoms. The molecule has 0 aromatic heterocycles. The molecule has 18 heavy (non-hydrogen) atoms. The minimum absolute atomic E-state index is 0.102. The summed E-state index contributed by atoms with van der Waals surface area (Å²) in [7, 11) is 0. The van der Waals surface area contributed by atoms with Gasteiger partial charge in [-0.05, 0) is 36.5 Å². The van der Waals surface area contributed by atoms with Crippen LogP contribution in [-0.4, -0.2) is 23.7 Å². The fourth-order valence-electron chi connectivity index (χ4n) is 4.18. The van der Waals surface area contributed by atoms with Crippen molar-refractivity contribution in [2.24, 2.45) is 16.2 Å². The Morgan fingerprint density at radius 2 is 2.00 bits per heavy atom. The smallest absolute Gasteiger partial charge is 0.226 e. The first-order chi connectivity index (χ1) is 8.32. The van der Waals surface area contributed by atoms with Crippen molar-refractivity contribution in [2.45, 2.75) is 65.9 Å². The average molecular weight is 253 g/mol. The maximum absolute atomic E-state index is 12.6. The van der Waals surface area contributed by atoms with Gasteiger partial charge in [0.25, 0.3) is 0 Å². The lowest BCUT2D eigenvalue weighted by Gasteiger charge is -2.40. The van der Waals surface area contributed by atoms with E-state index in [0.717, 1.165) is 32.2 Å². The largest absolute Gasteiger partial charge is 0.393 e. The minimum Gasteiger partial charge on any atom is -0.393 e. The molecule has 2 N–H and O–H groups in total. The summed E-state index contributed by atoms with van der Waals surface area (Å²) in [5.41, 5.74) is -0.570. The summed E-state index contributed by atoms with van der Waals surface area (Å²) in [4.78, 5) is 12.6. The van der Waals surface area contributed by atoms with Crippen LogP contribution in [0, 0.1) is 16.2 Å². The van der Waals surface area contributed by atoms with Crippen molar-refractivity contribution in [1.29, 1.82) is 0 Å². The van der Waals surface area contributed by atoms with E-state index in [9.17, 15) is 9.90 Å². The monoisotopic (exact) mass is 253 g/mol. The number of hydrogen-bond donors (Lipinski definition) is 2. The van der Waals surface area contributed by atoms with Crippen LogP contribution >= 0.6 is 0 Å². The number of rotatable bonds is 4. The molecule has 2 aliphatic carbocycles. The Kier molecular flexibility index (Phi) is 3.25. The summed E-state index contributed by atoms with van der Waals surface area (Å²) >= 11 is 0. The normalized spacial score (nSPS) is 41.1. The maximum atomic E-state index is 12.6. The average Bonchev–Trinajstić information content (AvgIpc) is 2.59. The van der Waals surface area contributed by atoms with Crippen molar-refractivity contribution >= 4 is 5.91 Å². The van der Waals surface area contributed by atoms with Crippen LogP contribution in [0.2, 0.25) is 0 Å². The van der Waals surface area contributed by atoms with Gasteiger partial charge in [-0.3, -0.25) is 4.79 Å². The van der Waals surface area contributed by atoms with Crippen LogP contribution in [0.1, 0.15) is 59.8 Å². The fraction of sp³-hybridized carbons (Fsp3) is 0.933. The molecule has 0 radical (unpaired) electrons. The Balaban J connectivity index is 2.19. The number of carbonyl (C=O) groups is 1. The van der Waals surface area contributed by atoms with Gasteiger partial charge in [0.2, 0.25) is 5.91 Å². The summed E-state index contributed by atoms with van der Waals surface area (Å²) in [6.07, 6.45) is 4.31. The molecule has 3 atom stereocenters. The van der Waals surface area contributed by atoms with Crippen LogP contribution in [0.4, 0.5) is 0 Å². The molecule has 3 nitrogen and oxygen atoms in total. The molecule has 2 fully saturated rings. The topological polar surface area (TPSA) is 49.3 Å². The molecule has 0 aromatic carbocycles. The van der Waals surface area contributed by atoms with Gasteiger partial charge in [-0.1, -0.05) is 34.1 Å². The Labute approximate surface area is 110 Å². The molecule has 2 aliphatic rings. The van der Waals surface area contributed by atoms with Crippen molar-refractivity contribution in [3.05, 3.63) is 0 Å². The second-order valence-electron chi connectivity index (χ2n) is 6.95. The molecule has 2 bridgehead atoms. The lowest BCUT2D eigenvalue weighted by atomic mass is 9.64. The van der Waals surface area contributed by atoms with Gasteiger partial charge in [0, 0.05) is 6.54 Å². The van der Waals surface area contributed by atoms with Crippen LogP contribution in [0.15, 0.2) is 0 Å². The number of aliphatic hydroxyl groups is 1. The summed E-state index contributed by atoms with van der Waals surface area (Å²) in [5, 5.41) is 13.4. The Morgan fingerprint density at radius 1 is 1.33 bits per heavy atom. The molecular formula is C15H27NO2. The van der Waals surface area contributed by atoms with Crippen molar-refractivity contribution in [3.63, 3.8) is 0 Å². The number of unbranched alkanes of at least 4 members (excludes halogenated alkanes) is 1. The molecule has 2 saturated carbocycles. The number of carbonyl (C=O) groups excluding carboxylic acids is 1. The van der Waals surface area contributed by atoms with Crippen molar-refractivity contribution in [3.8, 4) is 0 Å². The number of aliphatic hydroxyl groups excluding tert-OH is 1. The predicted molar refractivity (Wildman–Crippen MR) is 72.1 cm³/mol. The third-order valence-corrected chi connectivity index (χ3v) is 6.22. The lowest BCUT2D eigenvalue weighted by molar-refractivity contribution is -0.136. The van der Waals surface area contributed by atoms with E-state index in [4.69, 9.17) is 0 Å². The van der Waals surface area contributed by atoms with Crippen LogP contribution in [0.25, 0.3) is 0 Å². The van der Waals surface area contributed by atoms with E-state index in [1.54, 1.807) is 0 Å². The molecule has 0 saturated heterocycles. The van der Waals surface area contributed by atoms with Crippen LogP contribution < -0.4 is 5.32 Å². The maximum Gasteiger partial charge on any atom is 0.226 e. The van der Waals surface area contributed by atoms with E-state index < -0.39 is 0 Å². The first-order valence-electron chi connectivity index (χ1n) is 7.28. The summed E-state index contributed by atoms with van der Waals surface area (Å²) in [6, 6.07) is 0. The van der Waals surface area contributed by atoms with Crippen molar-refractivity contribution in [1.82, 2.24) is 5.32 Å². The zero-order valence-corrected chi connectivity index (χ0v) is 12.2. The highest BCUT2D eigenvalue weighted by molar-refractivity contribution is 5.85. The van der Waals surface area contributed by atoms with Gasteiger partial charge < -0.3 is 10.4 Å². The van der Waals surface area contributed by atoms with Crippen LogP contribution in [-0.2, 0) is 4.79 Å². The first-order valence-corrected chi connectivity index (χ1v) is 7.28. The van der Waals surface area contributed by atoms with Gasteiger partial charge in [0.05, 0.1) is 11.5 Å². The van der Waals surface area contributed by atoms with E-state index in [2.05, 4.69) is 33.0 Å². The first kappa shape index (κ1) is 13.9. The third-order valence-electron chi connectivity index (χ3n) is 6.22. The van der Waals surface area contributed by atoms with E-state index in [1.807, 2.05) is 0 Å². The zero-order valence-electron chi connectivity index (χ0n) is 12.2. The Hall–Kier alpha value is -0.570. The number of fused-ring (bicyclic) bond motifs is 2. The summed E-state index contributed by atoms with van der Waals surface area (Å²) in [5.74, 6) is 0.168. The molecule has 104 valence electrons. The predicted octanol–water partition coefficient (Wildman–Crippen LogP) is 2.48. The van der Waals surface area contributed by atoms with Crippen LogP contribution in [0.5, 0.6) is 0 Å². The van der Waals surface area contributed by atoms with E-state index in [1.165, 1.54) is 0 Å². The molecule has 3 unspecified atom stereocenters. The third kappa shape index (κ3) is 1.49. The number of hydrogen-bond acceptors (Lipinski definition) is 2. The van der Waals surface area contributed by atoms with E-state index in [0.29, 0.717) is 6.42 Å². The Morgan fingerprint density at radius 3 is 2.44 bits per heavy atom. The summed E-state index contributed by atoms with van der Waals surface area (Å²) < 4.78 is 0. The molecule has 0 heterocycles. The van der Waals surface area contributed by atoms with Gasteiger partial charge in [0.1, 0.15) is 0 Å². The molecule has 1 amide bonds. The highest BCUT2D eigenvalue weighted by atomic mass is 16.3. The lowest BCUT2D eigenvalue weighted by Crippen LogP contribution is -2.46. The zero-order chi connectivity index (χ0) is 13.6.